The van der Waals surface area contributed by atoms with E-state index in [1.165, 1.54) is 0 Å². The van der Waals surface area contributed by atoms with Crippen LogP contribution in [0.3, 0.4) is 0 Å². The first-order valence-electron chi connectivity index (χ1n) is 7.34. The van der Waals surface area contributed by atoms with E-state index in [1.807, 2.05) is 42.8 Å². The first-order chi connectivity index (χ1) is 11.0. The van der Waals surface area contributed by atoms with Gasteiger partial charge in [0.15, 0.2) is 5.11 Å². The van der Waals surface area contributed by atoms with E-state index >= 15 is 0 Å². The van der Waals surface area contributed by atoms with Gasteiger partial charge in [-0.25, -0.2) is 0 Å². The average Bonchev–Trinajstić information content (AvgIpc) is 2.77. The van der Waals surface area contributed by atoms with Crippen LogP contribution in [0.4, 0.5) is 5.69 Å². The van der Waals surface area contributed by atoms with Gasteiger partial charge in [0, 0.05) is 18.7 Å². The number of aromatic nitrogens is 2. The number of aryl methyl sites for hydroxylation is 1. The van der Waals surface area contributed by atoms with E-state index in [0.29, 0.717) is 24.8 Å². The molecule has 7 heteroatoms. The van der Waals surface area contributed by atoms with E-state index in [9.17, 15) is 0 Å². The molecule has 0 bridgehead atoms. The Morgan fingerprint density at radius 1 is 1.35 bits per heavy atom. The molecule has 2 rings (SSSR count). The highest BCUT2D eigenvalue weighted by Crippen LogP contribution is 2.22. The van der Waals surface area contributed by atoms with Crippen LogP contribution in [0.2, 0.25) is 5.02 Å². The zero-order chi connectivity index (χ0) is 16.8. The fraction of sp³-hybridized carbons (Fsp3) is 0.375. The van der Waals surface area contributed by atoms with E-state index in [-0.39, 0.29) is 0 Å². The molecule has 0 radical (unpaired) electrons. The van der Waals surface area contributed by atoms with Crippen molar-refractivity contribution in [2.24, 2.45) is 0 Å². The van der Waals surface area contributed by atoms with Crippen LogP contribution in [0.25, 0.3) is 0 Å². The number of rotatable bonds is 6. The Kier molecular flexibility index (Phi) is 6.38. The number of halogens is 1. The van der Waals surface area contributed by atoms with Crippen LogP contribution < -0.4 is 10.6 Å². The number of nitrogens with zero attached hydrogens (tertiary/aromatic N) is 2. The summed E-state index contributed by atoms with van der Waals surface area (Å²) < 4.78 is 6.92. The molecule has 1 aromatic carbocycles. The number of hydrogen-bond donors (Lipinski definition) is 2. The van der Waals surface area contributed by atoms with Crippen LogP contribution in [0.1, 0.15) is 17.0 Å². The molecule has 0 saturated carbocycles. The molecule has 0 unspecified atom stereocenters. The van der Waals surface area contributed by atoms with Crippen LogP contribution in [-0.4, -0.2) is 35.2 Å². The number of benzene rings is 1. The van der Waals surface area contributed by atoms with Crippen molar-refractivity contribution in [2.45, 2.75) is 20.4 Å². The zero-order valence-corrected chi connectivity index (χ0v) is 15.1. The van der Waals surface area contributed by atoms with Gasteiger partial charge < -0.3 is 15.4 Å². The molecular weight excluding hydrogens is 332 g/mol. The zero-order valence-electron chi connectivity index (χ0n) is 13.5. The van der Waals surface area contributed by atoms with Crippen LogP contribution in [0, 0.1) is 13.8 Å². The molecule has 2 N–H and O–H groups in total. The SMILES string of the molecule is COCCNC(=S)Nc1c(C)nn(Cc2ccccc2Cl)c1C. The van der Waals surface area contributed by atoms with Gasteiger partial charge in [0.2, 0.25) is 0 Å². The summed E-state index contributed by atoms with van der Waals surface area (Å²) in [4.78, 5) is 0. The smallest absolute Gasteiger partial charge is 0.170 e. The third kappa shape index (κ3) is 4.67. The molecule has 1 aromatic heterocycles. The summed E-state index contributed by atoms with van der Waals surface area (Å²) >= 11 is 11.5. The van der Waals surface area contributed by atoms with Crippen LogP contribution >= 0.6 is 23.8 Å². The van der Waals surface area contributed by atoms with Gasteiger partial charge in [0.25, 0.3) is 0 Å². The molecular formula is C16H21ClN4OS. The minimum atomic E-state index is 0.561. The maximum atomic E-state index is 6.23. The third-order valence-electron chi connectivity index (χ3n) is 3.49. The van der Waals surface area contributed by atoms with Crippen molar-refractivity contribution in [1.82, 2.24) is 15.1 Å². The van der Waals surface area contributed by atoms with Crippen molar-refractivity contribution in [3.8, 4) is 0 Å². The normalized spacial score (nSPS) is 10.6. The molecule has 0 amide bonds. The number of nitrogens with one attached hydrogen (secondary N) is 2. The Hall–Kier alpha value is -1.63. The van der Waals surface area contributed by atoms with E-state index in [1.54, 1.807) is 7.11 Å². The van der Waals surface area contributed by atoms with Gasteiger partial charge in [0.1, 0.15) is 0 Å². The van der Waals surface area contributed by atoms with Gasteiger partial charge in [0.05, 0.1) is 30.2 Å². The molecule has 0 fully saturated rings. The Morgan fingerprint density at radius 2 is 2.09 bits per heavy atom. The highest BCUT2D eigenvalue weighted by atomic mass is 35.5. The first kappa shape index (κ1) is 17.7. The van der Waals surface area contributed by atoms with Crippen molar-refractivity contribution < 1.29 is 4.74 Å². The maximum absolute atomic E-state index is 6.23. The predicted molar refractivity (Wildman–Crippen MR) is 98.4 cm³/mol. The molecule has 1 heterocycles. The topological polar surface area (TPSA) is 51.1 Å². The second kappa shape index (κ2) is 8.29. The van der Waals surface area contributed by atoms with Crippen LogP contribution in [0.5, 0.6) is 0 Å². The van der Waals surface area contributed by atoms with Gasteiger partial charge >= 0.3 is 0 Å². The highest BCUT2D eigenvalue weighted by molar-refractivity contribution is 7.80. The summed E-state index contributed by atoms with van der Waals surface area (Å²) in [6.45, 7) is 5.85. The standard InChI is InChI=1S/C16H21ClN4OS/c1-11-15(19-16(23)18-8-9-22-3)12(2)21(20-11)10-13-6-4-5-7-14(13)17/h4-7H,8-10H2,1-3H3,(H2,18,19,23). The molecule has 23 heavy (non-hydrogen) atoms. The molecule has 0 saturated heterocycles. The lowest BCUT2D eigenvalue weighted by Gasteiger charge is -2.11. The average molecular weight is 353 g/mol. The summed E-state index contributed by atoms with van der Waals surface area (Å²) in [7, 11) is 1.66. The van der Waals surface area contributed by atoms with Crippen molar-refractivity contribution in [2.75, 3.05) is 25.6 Å². The number of hydrogen-bond acceptors (Lipinski definition) is 3. The fourth-order valence-corrected chi connectivity index (χ4v) is 2.64. The number of thiocarbonyl (C=S) groups is 1. The minimum Gasteiger partial charge on any atom is -0.383 e. The number of ether oxygens (including phenoxy) is 1. The minimum absolute atomic E-state index is 0.561. The molecule has 0 aliphatic rings. The van der Waals surface area contributed by atoms with Crippen LogP contribution in [0.15, 0.2) is 24.3 Å². The predicted octanol–water partition coefficient (Wildman–Crippen LogP) is 3.13. The Labute approximate surface area is 147 Å². The molecule has 5 nitrogen and oxygen atoms in total. The Bertz CT molecular complexity index is 687. The van der Waals surface area contributed by atoms with Crippen molar-refractivity contribution >= 4 is 34.6 Å². The molecule has 0 atom stereocenters. The molecule has 0 aliphatic heterocycles. The Morgan fingerprint density at radius 3 is 2.78 bits per heavy atom. The largest absolute Gasteiger partial charge is 0.383 e. The molecule has 2 aromatic rings. The van der Waals surface area contributed by atoms with E-state index < -0.39 is 0 Å². The second-order valence-electron chi connectivity index (χ2n) is 5.17. The number of anilines is 1. The summed E-state index contributed by atoms with van der Waals surface area (Å²) in [6.07, 6.45) is 0. The van der Waals surface area contributed by atoms with Gasteiger partial charge in [-0.2, -0.15) is 5.10 Å². The van der Waals surface area contributed by atoms with Gasteiger partial charge in [-0.15, -0.1) is 0 Å². The van der Waals surface area contributed by atoms with E-state index in [2.05, 4.69) is 15.7 Å². The fourth-order valence-electron chi connectivity index (χ4n) is 2.24. The molecule has 0 spiro atoms. The molecule has 124 valence electrons. The lowest BCUT2D eigenvalue weighted by Crippen LogP contribution is -2.31. The van der Waals surface area contributed by atoms with E-state index in [4.69, 9.17) is 28.6 Å². The lowest BCUT2D eigenvalue weighted by molar-refractivity contribution is 0.204. The third-order valence-corrected chi connectivity index (χ3v) is 4.10. The van der Waals surface area contributed by atoms with Crippen molar-refractivity contribution in [3.05, 3.63) is 46.2 Å². The van der Waals surface area contributed by atoms with Gasteiger partial charge in [-0.05, 0) is 37.7 Å². The summed E-state index contributed by atoms with van der Waals surface area (Å²) in [5.41, 5.74) is 3.86. The lowest BCUT2D eigenvalue weighted by atomic mass is 10.2. The van der Waals surface area contributed by atoms with Crippen molar-refractivity contribution in [3.63, 3.8) is 0 Å². The quantitative estimate of drug-likeness (QED) is 0.618. The van der Waals surface area contributed by atoms with E-state index in [0.717, 1.165) is 27.7 Å². The summed E-state index contributed by atoms with van der Waals surface area (Å²) in [5, 5.41) is 12.2. The second-order valence-corrected chi connectivity index (χ2v) is 5.98. The summed E-state index contributed by atoms with van der Waals surface area (Å²) in [5.74, 6) is 0. The summed E-state index contributed by atoms with van der Waals surface area (Å²) in [6, 6.07) is 7.78. The highest BCUT2D eigenvalue weighted by Gasteiger charge is 2.13. The molecule has 0 aliphatic carbocycles. The van der Waals surface area contributed by atoms with Crippen LogP contribution in [-0.2, 0) is 11.3 Å². The first-order valence-corrected chi connectivity index (χ1v) is 8.12. The maximum Gasteiger partial charge on any atom is 0.170 e. The van der Waals surface area contributed by atoms with Gasteiger partial charge in [-0.1, -0.05) is 29.8 Å². The monoisotopic (exact) mass is 352 g/mol. The number of methoxy groups -OCH3 is 1. The van der Waals surface area contributed by atoms with Gasteiger partial charge in [-0.3, -0.25) is 4.68 Å². The Balaban J connectivity index is 2.10. The van der Waals surface area contributed by atoms with Crippen molar-refractivity contribution in [1.29, 1.82) is 0 Å².